The van der Waals surface area contributed by atoms with Gasteiger partial charge in [0.05, 0.1) is 5.69 Å². The molecule has 0 bridgehead atoms. The van der Waals surface area contributed by atoms with Crippen molar-refractivity contribution in [2.75, 3.05) is 0 Å². The van der Waals surface area contributed by atoms with Crippen LogP contribution in [-0.4, -0.2) is 25.5 Å². The van der Waals surface area contributed by atoms with Crippen LogP contribution in [0.2, 0.25) is 0 Å². The van der Waals surface area contributed by atoms with E-state index in [4.69, 9.17) is 22.7 Å². The number of aliphatic imine (C=N–C) groups is 1. The third-order valence-corrected chi connectivity index (χ3v) is 3.31. The van der Waals surface area contributed by atoms with Crippen molar-refractivity contribution in [3.05, 3.63) is 65.6 Å². The highest BCUT2D eigenvalue weighted by Crippen LogP contribution is 2.16. The molecule has 3 aromatic rings. The van der Waals surface area contributed by atoms with E-state index in [-0.39, 0.29) is 29.1 Å². The fourth-order valence-electron chi connectivity index (χ4n) is 2.22. The largest absolute Gasteiger partial charge is 0.374 e. The quantitative estimate of drug-likeness (QED) is 0.438. The van der Waals surface area contributed by atoms with Crippen molar-refractivity contribution in [3.8, 4) is 0 Å². The number of hydrogen-bond donors (Lipinski definition) is 2. The van der Waals surface area contributed by atoms with Crippen LogP contribution in [0.1, 0.15) is 17.0 Å². The molecule has 6 nitrogen and oxygen atoms in total. The predicted octanol–water partition coefficient (Wildman–Crippen LogP) is 2.34. The molecule has 0 atom stereocenters. The molecule has 0 aliphatic rings. The zero-order chi connectivity index (χ0) is 16.4. The van der Waals surface area contributed by atoms with Gasteiger partial charge < -0.3 is 10.1 Å². The van der Waals surface area contributed by atoms with Crippen molar-refractivity contribution >= 4 is 28.4 Å². The summed E-state index contributed by atoms with van der Waals surface area (Å²) in [6.45, 7) is 0. The summed E-state index contributed by atoms with van der Waals surface area (Å²) in [6, 6.07) is 6.46. The molecule has 0 unspecified atom stereocenters. The van der Waals surface area contributed by atoms with Gasteiger partial charge in [-0.05, 0) is 23.2 Å². The zero-order valence-electron chi connectivity index (χ0n) is 11.9. The standard InChI is InChI=1S/C15H12ClFN6/c16-15(19)22-13(18)12-8-23-6-5-20-14(23)11(21-12)7-9-3-1-2-4-10(9)17/h1-6,8H,7H2,(H3,18,19,22). The summed E-state index contributed by atoms with van der Waals surface area (Å²) in [4.78, 5) is 12.3. The van der Waals surface area contributed by atoms with E-state index in [1.807, 2.05) is 0 Å². The molecule has 0 amide bonds. The number of nitrogens with two attached hydrogens (primary N) is 1. The van der Waals surface area contributed by atoms with Crippen LogP contribution in [0.3, 0.4) is 0 Å². The SMILES string of the molecule is N=C(N=C(N)Cl)c1cn2ccnc2c(Cc2ccccc2F)n1. The van der Waals surface area contributed by atoms with Crippen molar-refractivity contribution in [1.82, 2.24) is 14.4 Å². The Kier molecular flexibility index (Phi) is 4.03. The highest BCUT2D eigenvalue weighted by molar-refractivity contribution is 6.65. The van der Waals surface area contributed by atoms with Crippen molar-refractivity contribution in [2.45, 2.75) is 6.42 Å². The van der Waals surface area contributed by atoms with E-state index in [1.165, 1.54) is 6.07 Å². The smallest absolute Gasteiger partial charge is 0.195 e. The molecule has 0 saturated heterocycles. The van der Waals surface area contributed by atoms with Crippen LogP contribution in [0.15, 0.2) is 47.8 Å². The second-order valence-corrected chi connectivity index (χ2v) is 5.17. The van der Waals surface area contributed by atoms with Crippen molar-refractivity contribution in [2.24, 2.45) is 10.7 Å². The maximum atomic E-state index is 13.9. The molecule has 0 spiro atoms. The molecule has 3 N–H and O–H groups in total. The lowest BCUT2D eigenvalue weighted by atomic mass is 10.1. The maximum absolute atomic E-state index is 13.9. The number of rotatable bonds is 3. The number of nitrogens with one attached hydrogen (secondary N) is 1. The first-order valence-electron chi connectivity index (χ1n) is 6.69. The molecule has 2 heterocycles. The first kappa shape index (κ1) is 15.1. The van der Waals surface area contributed by atoms with E-state index >= 15 is 0 Å². The van der Waals surface area contributed by atoms with Gasteiger partial charge in [-0.15, -0.1) is 0 Å². The average Bonchev–Trinajstić information content (AvgIpc) is 2.97. The van der Waals surface area contributed by atoms with Crippen LogP contribution < -0.4 is 5.73 Å². The topological polar surface area (TPSA) is 92.4 Å². The lowest BCUT2D eigenvalue weighted by Crippen LogP contribution is -2.11. The van der Waals surface area contributed by atoms with Gasteiger partial charge in [0.25, 0.3) is 0 Å². The lowest BCUT2D eigenvalue weighted by molar-refractivity contribution is 0.613. The minimum Gasteiger partial charge on any atom is -0.374 e. The van der Waals surface area contributed by atoms with Crippen molar-refractivity contribution < 1.29 is 4.39 Å². The Morgan fingerprint density at radius 1 is 1.39 bits per heavy atom. The lowest BCUT2D eigenvalue weighted by Gasteiger charge is -2.07. The highest BCUT2D eigenvalue weighted by atomic mass is 35.5. The number of nitrogens with zero attached hydrogens (tertiary/aromatic N) is 4. The van der Waals surface area contributed by atoms with E-state index in [0.29, 0.717) is 16.9 Å². The summed E-state index contributed by atoms with van der Waals surface area (Å²) >= 11 is 5.50. The highest BCUT2D eigenvalue weighted by Gasteiger charge is 2.13. The van der Waals surface area contributed by atoms with Gasteiger partial charge >= 0.3 is 0 Å². The fraction of sp³-hybridized carbons (Fsp3) is 0.0667. The molecular weight excluding hydrogens is 319 g/mol. The maximum Gasteiger partial charge on any atom is 0.195 e. The fourth-order valence-corrected chi connectivity index (χ4v) is 2.30. The van der Waals surface area contributed by atoms with E-state index in [2.05, 4.69) is 15.0 Å². The molecule has 8 heteroatoms. The second kappa shape index (κ2) is 6.13. The molecule has 23 heavy (non-hydrogen) atoms. The number of aromatic nitrogens is 3. The average molecular weight is 331 g/mol. The van der Waals surface area contributed by atoms with Crippen LogP contribution in [-0.2, 0) is 6.42 Å². The minimum absolute atomic E-state index is 0.178. The Bertz CT molecular complexity index is 913. The number of fused-ring (bicyclic) bond motifs is 1. The van der Waals surface area contributed by atoms with Gasteiger partial charge in [0.15, 0.2) is 16.8 Å². The minimum atomic E-state index is -0.317. The van der Waals surface area contributed by atoms with Gasteiger partial charge in [0.2, 0.25) is 0 Å². The van der Waals surface area contributed by atoms with Crippen LogP contribution >= 0.6 is 11.6 Å². The third kappa shape index (κ3) is 3.19. The summed E-state index contributed by atoms with van der Waals surface area (Å²) in [7, 11) is 0. The van der Waals surface area contributed by atoms with Crippen LogP contribution in [0.4, 0.5) is 4.39 Å². The van der Waals surface area contributed by atoms with E-state index < -0.39 is 0 Å². The molecule has 0 saturated carbocycles. The molecule has 2 aromatic heterocycles. The zero-order valence-corrected chi connectivity index (χ0v) is 12.6. The molecule has 3 rings (SSSR count). The summed E-state index contributed by atoms with van der Waals surface area (Å²) in [6.07, 6.45) is 5.16. The van der Waals surface area contributed by atoms with Gasteiger partial charge in [-0.25, -0.2) is 14.4 Å². The number of benzene rings is 1. The number of imidazole rings is 1. The molecule has 0 radical (unpaired) electrons. The summed E-state index contributed by atoms with van der Waals surface area (Å²) in [5, 5.41) is 7.63. The first-order chi connectivity index (χ1) is 11.0. The van der Waals surface area contributed by atoms with Crippen LogP contribution in [0.25, 0.3) is 5.65 Å². The predicted molar refractivity (Wildman–Crippen MR) is 86.5 cm³/mol. The van der Waals surface area contributed by atoms with Gasteiger partial charge in [-0.1, -0.05) is 18.2 Å². The number of halogens is 2. The van der Waals surface area contributed by atoms with Gasteiger partial charge in [-0.3, -0.25) is 5.41 Å². The molecule has 116 valence electrons. The Morgan fingerprint density at radius 2 is 2.17 bits per heavy atom. The summed E-state index contributed by atoms with van der Waals surface area (Å²) in [5.74, 6) is -0.495. The molecule has 1 aromatic carbocycles. The monoisotopic (exact) mass is 330 g/mol. The molecule has 0 fully saturated rings. The van der Waals surface area contributed by atoms with Crippen molar-refractivity contribution in [1.29, 1.82) is 5.41 Å². The van der Waals surface area contributed by atoms with E-state index in [9.17, 15) is 4.39 Å². The Morgan fingerprint density at radius 3 is 2.91 bits per heavy atom. The Labute approximate surface area is 136 Å². The Hall–Kier alpha value is -2.80. The van der Waals surface area contributed by atoms with E-state index in [1.54, 1.807) is 41.2 Å². The normalized spacial score (nSPS) is 11.8. The van der Waals surface area contributed by atoms with Gasteiger partial charge in [-0.2, -0.15) is 4.99 Å². The number of amidine groups is 2. The third-order valence-electron chi connectivity index (χ3n) is 3.22. The molecular formula is C15H12ClFN6. The Balaban J connectivity index is 2.08. The molecule has 0 aliphatic carbocycles. The van der Waals surface area contributed by atoms with Crippen LogP contribution in [0.5, 0.6) is 0 Å². The van der Waals surface area contributed by atoms with Crippen molar-refractivity contribution in [3.63, 3.8) is 0 Å². The second-order valence-electron chi connectivity index (χ2n) is 4.78. The first-order valence-corrected chi connectivity index (χ1v) is 7.07. The van der Waals surface area contributed by atoms with Crippen LogP contribution in [0, 0.1) is 11.2 Å². The molecule has 0 aliphatic heterocycles. The summed E-state index contributed by atoms with van der Waals surface area (Å²) < 4.78 is 15.6. The van der Waals surface area contributed by atoms with Gasteiger partial charge in [0, 0.05) is 25.0 Å². The summed E-state index contributed by atoms with van der Waals surface area (Å²) in [5.41, 5.74) is 7.17. The van der Waals surface area contributed by atoms with E-state index in [0.717, 1.165) is 0 Å². The number of hydrogen-bond acceptors (Lipinski definition) is 3. The van der Waals surface area contributed by atoms with Gasteiger partial charge in [0.1, 0.15) is 11.5 Å².